The molecule has 0 amide bonds. The van der Waals surface area contributed by atoms with Crippen LogP contribution in [-0.4, -0.2) is 25.3 Å². The SMILES string of the molecule is CC(=O)OC[C@@H]1CC[C@@H]2C[C@@H]1CO2. The molecule has 1 saturated heterocycles. The van der Waals surface area contributed by atoms with Crippen LogP contribution in [0.1, 0.15) is 26.2 Å². The van der Waals surface area contributed by atoms with Gasteiger partial charge < -0.3 is 9.47 Å². The molecule has 0 aromatic carbocycles. The van der Waals surface area contributed by atoms with Gasteiger partial charge in [0.15, 0.2) is 0 Å². The van der Waals surface area contributed by atoms with Gasteiger partial charge in [-0.1, -0.05) is 0 Å². The largest absolute Gasteiger partial charge is 0.466 e. The summed E-state index contributed by atoms with van der Waals surface area (Å²) in [6.45, 7) is 2.93. The number of ether oxygens (including phenoxy) is 2. The molecule has 1 aliphatic heterocycles. The predicted octanol–water partition coefficient (Wildman–Crippen LogP) is 1.36. The monoisotopic (exact) mass is 184 g/mol. The summed E-state index contributed by atoms with van der Waals surface area (Å²) in [5, 5.41) is 0. The van der Waals surface area contributed by atoms with Crippen LogP contribution in [-0.2, 0) is 14.3 Å². The molecule has 0 unspecified atom stereocenters. The fourth-order valence-electron chi connectivity index (χ4n) is 2.34. The predicted molar refractivity (Wildman–Crippen MR) is 47.2 cm³/mol. The summed E-state index contributed by atoms with van der Waals surface area (Å²) in [7, 11) is 0. The van der Waals surface area contributed by atoms with Gasteiger partial charge in [0.2, 0.25) is 0 Å². The molecule has 3 heteroatoms. The van der Waals surface area contributed by atoms with Crippen LogP contribution in [0.2, 0.25) is 0 Å². The van der Waals surface area contributed by atoms with E-state index in [1.807, 2.05) is 0 Å². The Morgan fingerprint density at radius 1 is 1.54 bits per heavy atom. The van der Waals surface area contributed by atoms with E-state index in [-0.39, 0.29) is 5.97 Å². The Labute approximate surface area is 78.4 Å². The van der Waals surface area contributed by atoms with Crippen molar-refractivity contribution >= 4 is 5.97 Å². The van der Waals surface area contributed by atoms with Gasteiger partial charge in [-0.05, 0) is 31.1 Å². The molecule has 1 aliphatic carbocycles. The first-order valence-electron chi connectivity index (χ1n) is 5.00. The van der Waals surface area contributed by atoms with Crippen LogP contribution < -0.4 is 0 Å². The Bertz CT molecular complexity index is 202. The van der Waals surface area contributed by atoms with Crippen molar-refractivity contribution in [3.8, 4) is 0 Å². The van der Waals surface area contributed by atoms with E-state index in [1.54, 1.807) is 0 Å². The third-order valence-electron chi connectivity index (χ3n) is 3.14. The van der Waals surface area contributed by atoms with Crippen molar-refractivity contribution in [1.29, 1.82) is 0 Å². The zero-order valence-electron chi connectivity index (χ0n) is 7.99. The molecule has 3 atom stereocenters. The van der Waals surface area contributed by atoms with Crippen LogP contribution in [0.25, 0.3) is 0 Å². The van der Waals surface area contributed by atoms with E-state index in [4.69, 9.17) is 9.47 Å². The van der Waals surface area contributed by atoms with Crippen molar-refractivity contribution in [2.45, 2.75) is 32.3 Å². The number of hydrogen-bond donors (Lipinski definition) is 0. The Hall–Kier alpha value is -0.570. The van der Waals surface area contributed by atoms with E-state index in [1.165, 1.54) is 13.3 Å². The third-order valence-corrected chi connectivity index (χ3v) is 3.14. The van der Waals surface area contributed by atoms with Gasteiger partial charge >= 0.3 is 5.97 Å². The number of esters is 1. The molecule has 1 heterocycles. The summed E-state index contributed by atoms with van der Waals surface area (Å²) in [5.74, 6) is 1.02. The van der Waals surface area contributed by atoms with Gasteiger partial charge in [0.1, 0.15) is 0 Å². The molecule has 1 saturated carbocycles. The fraction of sp³-hybridized carbons (Fsp3) is 0.900. The zero-order chi connectivity index (χ0) is 9.26. The summed E-state index contributed by atoms with van der Waals surface area (Å²) in [6, 6.07) is 0. The second-order valence-electron chi connectivity index (χ2n) is 4.09. The zero-order valence-corrected chi connectivity index (χ0v) is 7.99. The molecule has 0 aromatic rings. The number of fused-ring (bicyclic) bond motifs is 2. The van der Waals surface area contributed by atoms with E-state index >= 15 is 0 Å². The Balaban J connectivity index is 1.82. The van der Waals surface area contributed by atoms with E-state index in [0.717, 1.165) is 19.4 Å². The molecule has 13 heavy (non-hydrogen) atoms. The van der Waals surface area contributed by atoms with Gasteiger partial charge in [0, 0.05) is 6.92 Å². The van der Waals surface area contributed by atoms with E-state index < -0.39 is 0 Å². The van der Waals surface area contributed by atoms with Crippen molar-refractivity contribution in [2.75, 3.05) is 13.2 Å². The minimum atomic E-state index is -0.166. The molecule has 0 radical (unpaired) electrons. The number of carbonyl (C=O) groups excluding carboxylic acids is 1. The minimum absolute atomic E-state index is 0.166. The Kier molecular flexibility index (Phi) is 2.54. The molecule has 2 rings (SSSR count). The molecule has 0 spiro atoms. The summed E-state index contributed by atoms with van der Waals surface area (Å²) in [6.07, 6.45) is 3.97. The van der Waals surface area contributed by atoms with Crippen LogP contribution in [0.4, 0.5) is 0 Å². The Morgan fingerprint density at radius 2 is 2.38 bits per heavy atom. The minimum Gasteiger partial charge on any atom is -0.466 e. The maximum Gasteiger partial charge on any atom is 0.302 e. The van der Waals surface area contributed by atoms with Gasteiger partial charge in [0.05, 0.1) is 19.3 Å². The average Bonchev–Trinajstić information content (AvgIpc) is 2.47. The highest BCUT2D eigenvalue weighted by atomic mass is 16.5. The van der Waals surface area contributed by atoms with Crippen molar-refractivity contribution in [2.24, 2.45) is 11.8 Å². The van der Waals surface area contributed by atoms with Crippen LogP contribution >= 0.6 is 0 Å². The van der Waals surface area contributed by atoms with E-state index in [2.05, 4.69) is 0 Å². The van der Waals surface area contributed by atoms with Crippen molar-refractivity contribution in [1.82, 2.24) is 0 Å². The van der Waals surface area contributed by atoms with Gasteiger partial charge in [-0.25, -0.2) is 0 Å². The smallest absolute Gasteiger partial charge is 0.302 e. The van der Waals surface area contributed by atoms with Gasteiger partial charge in [-0.2, -0.15) is 0 Å². The second-order valence-corrected chi connectivity index (χ2v) is 4.09. The topological polar surface area (TPSA) is 35.5 Å². The second kappa shape index (κ2) is 3.66. The molecule has 2 bridgehead atoms. The molecular weight excluding hydrogens is 168 g/mol. The summed E-state index contributed by atoms with van der Waals surface area (Å²) in [4.78, 5) is 10.6. The van der Waals surface area contributed by atoms with Gasteiger partial charge in [-0.15, -0.1) is 0 Å². The van der Waals surface area contributed by atoms with Crippen molar-refractivity contribution < 1.29 is 14.3 Å². The third kappa shape index (κ3) is 2.02. The lowest BCUT2D eigenvalue weighted by molar-refractivity contribution is -0.143. The van der Waals surface area contributed by atoms with Gasteiger partial charge in [-0.3, -0.25) is 4.79 Å². The molecule has 74 valence electrons. The van der Waals surface area contributed by atoms with Crippen LogP contribution in [0.5, 0.6) is 0 Å². The number of rotatable bonds is 2. The number of carbonyl (C=O) groups is 1. The van der Waals surface area contributed by atoms with Crippen molar-refractivity contribution in [3.63, 3.8) is 0 Å². The quantitative estimate of drug-likeness (QED) is 0.608. The highest BCUT2D eigenvalue weighted by molar-refractivity contribution is 5.65. The van der Waals surface area contributed by atoms with Crippen LogP contribution in [0.3, 0.4) is 0 Å². The summed E-state index contributed by atoms with van der Waals surface area (Å²) < 4.78 is 10.6. The molecular formula is C10H16O3. The first kappa shape index (κ1) is 9.00. The molecule has 0 N–H and O–H groups in total. The summed E-state index contributed by atoms with van der Waals surface area (Å²) >= 11 is 0. The number of hydrogen-bond acceptors (Lipinski definition) is 3. The normalized spacial score (nSPS) is 37.5. The first-order valence-corrected chi connectivity index (χ1v) is 5.00. The standard InChI is InChI=1S/C10H16O3/c1-7(11)12-5-8-2-3-10-4-9(8)6-13-10/h8-10H,2-6H2,1H3/t8-,9+,10+/m0/s1. The van der Waals surface area contributed by atoms with E-state index in [0.29, 0.717) is 24.5 Å². The fourth-order valence-corrected chi connectivity index (χ4v) is 2.34. The molecule has 3 nitrogen and oxygen atoms in total. The Morgan fingerprint density at radius 3 is 3.15 bits per heavy atom. The lowest BCUT2D eigenvalue weighted by Crippen LogP contribution is -2.26. The summed E-state index contributed by atoms with van der Waals surface area (Å²) in [5.41, 5.74) is 0. The highest BCUT2D eigenvalue weighted by Crippen LogP contribution is 2.37. The maximum absolute atomic E-state index is 10.6. The van der Waals surface area contributed by atoms with Crippen molar-refractivity contribution in [3.05, 3.63) is 0 Å². The van der Waals surface area contributed by atoms with E-state index in [9.17, 15) is 4.79 Å². The molecule has 2 aliphatic rings. The molecule has 2 fully saturated rings. The first-order chi connectivity index (χ1) is 6.25. The maximum atomic E-state index is 10.6. The van der Waals surface area contributed by atoms with Crippen LogP contribution in [0.15, 0.2) is 0 Å². The van der Waals surface area contributed by atoms with Gasteiger partial charge in [0.25, 0.3) is 0 Å². The van der Waals surface area contributed by atoms with Crippen LogP contribution in [0, 0.1) is 11.8 Å². The lowest BCUT2D eigenvalue weighted by Gasteiger charge is -2.25. The lowest BCUT2D eigenvalue weighted by atomic mass is 9.81. The average molecular weight is 184 g/mol. The highest BCUT2D eigenvalue weighted by Gasteiger charge is 2.36. The molecule has 0 aromatic heterocycles.